The zero-order valence-electron chi connectivity index (χ0n) is 13.7. The molecule has 9 heteroatoms. The first-order chi connectivity index (χ1) is 12.1. The molecule has 2 aromatic carbocycles. The highest BCUT2D eigenvalue weighted by atomic mass is 32.2. The van der Waals surface area contributed by atoms with Gasteiger partial charge < -0.3 is 4.90 Å². The second kappa shape index (κ2) is 6.31. The van der Waals surface area contributed by atoms with E-state index in [-0.39, 0.29) is 11.6 Å². The Morgan fingerprint density at radius 3 is 2.50 bits per heavy atom. The first-order valence-electron chi connectivity index (χ1n) is 7.70. The minimum absolute atomic E-state index is 0.160. The maximum Gasteiger partial charge on any atom is 0.416 e. The number of nitrogens with zero attached hydrogens (tertiary/aromatic N) is 1. The van der Waals surface area contributed by atoms with E-state index in [0.29, 0.717) is 24.7 Å². The van der Waals surface area contributed by atoms with Crippen LogP contribution in [0.4, 0.5) is 24.5 Å². The Hall–Kier alpha value is -2.55. The third-order valence-electron chi connectivity index (χ3n) is 4.09. The van der Waals surface area contributed by atoms with Gasteiger partial charge in [-0.05, 0) is 36.2 Å². The van der Waals surface area contributed by atoms with Gasteiger partial charge in [-0.15, -0.1) is 0 Å². The standard InChI is InChI=1S/C17H15F3N2O3S/c1-11(23)22-9-8-12-4-2-7-15(16(12)22)21-26(24,25)14-6-3-5-13(10-14)17(18,19)20/h2-7,10,21H,8-9H2,1H3. The molecule has 5 nitrogen and oxygen atoms in total. The number of anilines is 2. The van der Waals surface area contributed by atoms with Gasteiger partial charge in [-0.2, -0.15) is 13.2 Å². The highest BCUT2D eigenvalue weighted by Gasteiger charge is 2.32. The molecule has 1 N–H and O–H groups in total. The largest absolute Gasteiger partial charge is 0.416 e. The van der Waals surface area contributed by atoms with Crippen LogP contribution in [0.2, 0.25) is 0 Å². The molecule has 0 aliphatic carbocycles. The Labute approximate surface area is 148 Å². The van der Waals surface area contributed by atoms with E-state index < -0.39 is 26.7 Å². The van der Waals surface area contributed by atoms with Crippen LogP contribution in [-0.4, -0.2) is 20.9 Å². The number of hydrogen-bond donors (Lipinski definition) is 1. The number of nitrogens with one attached hydrogen (secondary N) is 1. The highest BCUT2D eigenvalue weighted by molar-refractivity contribution is 7.92. The van der Waals surface area contributed by atoms with Gasteiger partial charge in [0.25, 0.3) is 10.0 Å². The monoisotopic (exact) mass is 384 g/mol. The van der Waals surface area contributed by atoms with E-state index >= 15 is 0 Å². The van der Waals surface area contributed by atoms with Gasteiger partial charge in [-0.25, -0.2) is 8.42 Å². The lowest BCUT2D eigenvalue weighted by molar-refractivity contribution is -0.137. The molecule has 0 aromatic heterocycles. The van der Waals surface area contributed by atoms with E-state index in [0.717, 1.165) is 23.8 Å². The van der Waals surface area contributed by atoms with Crippen molar-refractivity contribution in [3.8, 4) is 0 Å². The van der Waals surface area contributed by atoms with E-state index in [9.17, 15) is 26.4 Å². The van der Waals surface area contributed by atoms with Crippen molar-refractivity contribution in [2.24, 2.45) is 0 Å². The third kappa shape index (κ3) is 3.39. The second-order valence-electron chi connectivity index (χ2n) is 5.87. The second-order valence-corrected chi connectivity index (χ2v) is 7.55. The van der Waals surface area contributed by atoms with Crippen LogP contribution in [0.25, 0.3) is 0 Å². The molecule has 1 amide bonds. The van der Waals surface area contributed by atoms with E-state index in [1.165, 1.54) is 17.9 Å². The maximum absolute atomic E-state index is 12.8. The minimum atomic E-state index is -4.65. The molecule has 0 spiro atoms. The summed E-state index contributed by atoms with van der Waals surface area (Å²) in [5, 5.41) is 0. The lowest BCUT2D eigenvalue weighted by atomic mass is 10.1. The van der Waals surface area contributed by atoms with Gasteiger partial charge in [0.2, 0.25) is 5.91 Å². The van der Waals surface area contributed by atoms with Crippen LogP contribution in [0.1, 0.15) is 18.1 Å². The van der Waals surface area contributed by atoms with Crippen LogP contribution in [-0.2, 0) is 27.4 Å². The molecule has 1 aliphatic rings. The van der Waals surface area contributed by atoms with E-state index in [2.05, 4.69) is 4.72 Å². The number of alkyl halides is 3. The molecular formula is C17H15F3N2O3S. The molecular weight excluding hydrogens is 369 g/mol. The molecule has 0 saturated heterocycles. The highest BCUT2D eigenvalue weighted by Crippen LogP contribution is 2.37. The molecule has 138 valence electrons. The summed E-state index contributed by atoms with van der Waals surface area (Å²) in [6.45, 7) is 1.79. The van der Waals surface area contributed by atoms with Crippen LogP contribution in [0.3, 0.4) is 0 Å². The summed E-state index contributed by atoms with van der Waals surface area (Å²) in [5.74, 6) is -0.241. The normalized spacial score (nSPS) is 14.2. The van der Waals surface area contributed by atoms with Gasteiger partial charge in [0.1, 0.15) is 0 Å². The number of fused-ring (bicyclic) bond motifs is 1. The van der Waals surface area contributed by atoms with Crippen molar-refractivity contribution in [1.29, 1.82) is 0 Å². The summed E-state index contributed by atoms with van der Waals surface area (Å²) in [7, 11) is -4.25. The van der Waals surface area contributed by atoms with Gasteiger partial charge >= 0.3 is 6.18 Å². The van der Waals surface area contributed by atoms with Crippen LogP contribution in [0.15, 0.2) is 47.4 Å². The Morgan fingerprint density at radius 1 is 1.15 bits per heavy atom. The number of hydrogen-bond acceptors (Lipinski definition) is 3. The first kappa shape index (κ1) is 18.2. The number of sulfonamides is 1. The summed E-state index contributed by atoms with van der Waals surface area (Å²) >= 11 is 0. The fourth-order valence-corrected chi connectivity index (χ4v) is 4.01. The Morgan fingerprint density at radius 2 is 1.85 bits per heavy atom. The van der Waals surface area contributed by atoms with E-state index in [4.69, 9.17) is 0 Å². The lowest BCUT2D eigenvalue weighted by Crippen LogP contribution is -2.27. The first-order valence-corrected chi connectivity index (χ1v) is 9.18. The molecule has 3 rings (SSSR count). The number of halogens is 3. The average molecular weight is 384 g/mol. The summed E-state index contributed by atoms with van der Waals surface area (Å²) in [6.07, 6.45) is -4.07. The quantitative estimate of drug-likeness (QED) is 0.882. The van der Waals surface area contributed by atoms with Crippen LogP contribution in [0.5, 0.6) is 0 Å². The Bertz CT molecular complexity index is 971. The topological polar surface area (TPSA) is 66.5 Å². The number of para-hydroxylation sites is 1. The number of carbonyl (C=O) groups is 1. The van der Waals surface area contributed by atoms with Crippen molar-refractivity contribution < 1.29 is 26.4 Å². The Kier molecular flexibility index (Phi) is 4.43. The predicted molar refractivity (Wildman–Crippen MR) is 90.4 cm³/mol. The average Bonchev–Trinajstić information content (AvgIpc) is 2.99. The molecule has 0 fully saturated rings. The fourth-order valence-electron chi connectivity index (χ4n) is 2.90. The van der Waals surface area contributed by atoms with Gasteiger partial charge in [0, 0.05) is 13.5 Å². The van der Waals surface area contributed by atoms with E-state index in [1.54, 1.807) is 12.1 Å². The molecule has 0 atom stereocenters. The lowest BCUT2D eigenvalue weighted by Gasteiger charge is -2.19. The summed E-state index contributed by atoms with van der Waals surface area (Å²) in [4.78, 5) is 12.7. The van der Waals surface area contributed by atoms with Crippen LogP contribution in [0, 0.1) is 0 Å². The molecule has 1 heterocycles. The van der Waals surface area contributed by atoms with Gasteiger partial charge in [0.15, 0.2) is 0 Å². The van der Waals surface area contributed by atoms with Crippen molar-refractivity contribution in [3.63, 3.8) is 0 Å². The zero-order chi connectivity index (χ0) is 19.1. The van der Waals surface area contributed by atoms with Crippen LogP contribution >= 0.6 is 0 Å². The molecule has 0 saturated carbocycles. The van der Waals surface area contributed by atoms with Crippen molar-refractivity contribution in [1.82, 2.24) is 0 Å². The molecule has 0 radical (unpaired) electrons. The maximum atomic E-state index is 12.8. The van der Waals surface area contributed by atoms with Crippen LogP contribution < -0.4 is 9.62 Å². The zero-order valence-corrected chi connectivity index (χ0v) is 14.5. The van der Waals surface area contributed by atoms with Crippen molar-refractivity contribution in [2.75, 3.05) is 16.2 Å². The number of amides is 1. The van der Waals surface area contributed by atoms with Crippen molar-refractivity contribution in [2.45, 2.75) is 24.4 Å². The molecule has 1 aliphatic heterocycles. The van der Waals surface area contributed by atoms with Crippen molar-refractivity contribution >= 4 is 27.3 Å². The molecule has 0 unspecified atom stereocenters. The van der Waals surface area contributed by atoms with Crippen molar-refractivity contribution in [3.05, 3.63) is 53.6 Å². The Balaban J connectivity index is 2.00. The predicted octanol–water partition coefficient (Wildman–Crippen LogP) is 3.42. The van der Waals surface area contributed by atoms with Gasteiger partial charge in [-0.3, -0.25) is 9.52 Å². The third-order valence-corrected chi connectivity index (χ3v) is 5.45. The smallest absolute Gasteiger partial charge is 0.310 e. The van der Waals surface area contributed by atoms with Gasteiger partial charge in [-0.1, -0.05) is 18.2 Å². The summed E-state index contributed by atoms with van der Waals surface area (Å²) < 4.78 is 66.0. The summed E-state index contributed by atoms with van der Waals surface area (Å²) in [6, 6.07) is 8.39. The number of benzene rings is 2. The fraction of sp³-hybridized carbons (Fsp3) is 0.235. The minimum Gasteiger partial charge on any atom is -0.310 e. The SMILES string of the molecule is CC(=O)N1CCc2cccc(NS(=O)(=O)c3cccc(C(F)(F)F)c3)c21. The summed E-state index contributed by atoms with van der Waals surface area (Å²) in [5.41, 5.74) is 0.344. The number of carbonyl (C=O) groups excluding carboxylic acids is 1. The number of rotatable bonds is 3. The van der Waals surface area contributed by atoms with Gasteiger partial charge in [0.05, 0.1) is 21.8 Å². The molecule has 2 aromatic rings. The molecule has 26 heavy (non-hydrogen) atoms. The van der Waals surface area contributed by atoms with E-state index in [1.807, 2.05) is 0 Å². The molecule has 0 bridgehead atoms.